The minimum Gasteiger partial charge on any atom is -0.474 e. The highest BCUT2D eigenvalue weighted by atomic mass is 32.1. The first-order valence-electron chi connectivity index (χ1n) is 16.6. The molecule has 7 heterocycles. The third-order valence-electron chi connectivity index (χ3n) is 11.5. The van der Waals surface area contributed by atoms with Crippen LogP contribution in [0.25, 0.3) is 22.6 Å². The number of nitrogens with zero attached hydrogens (tertiary/aromatic N) is 8. The van der Waals surface area contributed by atoms with Gasteiger partial charge in [-0.3, -0.25) is 0 Å². The number of ether oxygens (including phenoxy) is 1. The summed E-state index contributed by atoms with van der Waals surface area (Å²) in [4.78, 5) is 16.2. The lowest BCUT2D eigenvalue weighted by atomic mass is 9.63. The number of rotatable bonds is 3. The van der Waals surface area contributed by atoms with Crippen molar-refractivity contribution >= 4 is 33.2 Å². The number of piperidine rings is 1. The SMILES string of the molecule is C[C@@H]([C@@H]1CCN1C)n1nc2c3c(nc(-c4noc5c4CCC[C@@]54CCCc5sc(N)c(C#N)c54)nc31)N1C[C@](C)(O)CC[C@@H]1CO2. The average molecular weight is 642 g/mol. The number of aromatic nitrogens is 5. The van der Waals surface area contributed by atoms with E-state index in [1.165, 1.54) is 4.88 Å². The molecule has 4 aromatic heterocycles. The van der Waals surface area contributed by atoms with Gasteiger partial charge < -0.3 is 29.9 Å². The van der Waals surface area contributed by atoms with Crippen LogP contribution in [0.4, 0.5) is 10.8 Å². The summed E-state index contributed by atoms with van der Waals surface area (Å²) in [5.41, 5.74) is 9.13. The molecule has 0 saturated carbocycles. The molecule has 2 fully saturated rings. The predicted molar refractivity (Wildman–Crippen MR) is 173 cm³/mol. The van der Waals surface area contributed by atoms with Gasteiger partial charge in [0, 0.05) is 23.0 Å². The molecule has 0 aromatic carbocycles. The molecule has 3 N–H and O–H groups in total. The number of aliphatic hydroxyl groups is 1. The molecular weight excluding hydrogens is 602 g/mol. The van der Waals surface area contributed by atoms with E-state index >= 15 is 0 Å². The lowest BCUT2D eigenvalue weighted by Crippen LogP contribution is -2.53. The van der Waals surface area contributed by atoms with Gasteiger partial charge in [0.15, 0.2) is 22.9 Å². The van der Waals surface area contributed by atoms with Crippen molar-refractivity contribution in [1.29, 1.82) is 5.26 Å². The highest BCUT2D eigenvalue weighted by Gasteiger charge is 2.49. The van der Waals surface area contributed by atoms with Crippen LogP contribution >= 0.6 is 11.3 Å². The second kappa shape index (κ2) is 9.89. The van der Waals surface area contributed by atoms with Crippen molar-refractivity contribution in [3.8, 4) is 23.5 Å². The van der Waals surface area contributed by atoms with Crippen LogP contribution in [-0.4, -0.2) is 79.3 Å². The van der Waals surface area contributed by atoms with E-state index in [9.17, 15) is 10.4 Å². The Balaban J connectivity index is 1.24. The van der Waals surface area contributed by atoms with E-state index in [0.29, 0.717) is 59.2 Å². The lowest BCUT2D eigenvalue weighted by molar-refractivity contribution is 0.0320. The number of hydrogen-bond donors (Lipinski definition) is 2. The molecule has 0 unspecified atom stereocenters. The number of nitrogen functional groups attached to an aromatic ring is 1. The van der Waals surface area contributed by atoms with E-state index in [2.05, 4.69) is 29.8 Å². The predicted octanol–water partition coefficient (Wildman–Crippen LogP) is 4.33. The molecule has 1 spiro atoms. The van der Waals surface area contributed by atoms with Crippen LogP contribution in [0.15, 0.2) is 4.52 Å². The monoisotopic (exact) mass is 641 g/mol. The van der Waals surface area contributed by atoms with E-state index in [1.54, 1.807) is 11.3 Å². The van der Waals surface area contributed by atoms with Crippen LogP contribution in [0.5, 0.6) is 5.88 Å². The molecule has 5 atom stereocenters. The van der Waals surface area contributed by atoms with Gasteiger partial charge in [-0.1, -0.05) is 5.16 Å². The molecule has 3 aliphatic heterocycles. The Morgan fingerprint density at radius 2 is 2.00 bits per heavy atom. The first-order chi connectivity index (χ1) is 22.2. The van der Waals surface area contributed by atoms with Gasteiger partial charge in [0.25, 0.3) is 0 Å². The van der Waals surface area contributed by atoms with Crippen LogP contribution in [0, 0.1) is 11.3 Å². The quantitative estimate of drug-likeness (QED) is 0.328. The normalized spacial score (nSPS) is 29.3. The van der Waals surface area contributed by atoms with E-state index in [1.807, 2.05) is 11.6 Å². The van der Waals surface area contributed by atoms with Gasteiger partial charge >= 0.3 is 0 Å². The first-order valence-corrected chi connectivity index (χ1v) is 17.4. The Morgan fingerprint density at radius 3 is 2.76 bits per heavy atom. The van der Waals surface area contributed by atoms with Crippen LogP contribution in [0.3, 0.4) is 0 Å². The van der Waals surface area contributed by atoms with Gasteiger partial charge in [-0.25, -0.2) is 14.6 Å². The number of likely N-dealkylation sites (N-methyl/N-ethyl adjacent to an activating group) is 1. The summed E-state index contributed by atoms with van der Waals surface area (Å²) < 4.78 is 14.7. The van der Waals surface area contributed by atoms with Crippen LogP contribution in [0.1, 0.15) is 92.2 Å². The topological polar surface area (TPSA) is 155 Å². The molecule has 5 aliphatic rings. The fourth-order valence-corrected chi connectivity index (χ4v) is 10.2. The molecule has 13 heteroatoms. The Hall–Kier alpha value is -3.73. The molecule has 0 amide bonds. The molecule has 12 nitrogen and oxygen atoms in total. The summed E-state index contributed by atoms with van der Waals surface area (Å²) in [6.07, 6.45) is 8.02. The number of thiophene rings is 1. The summed E-state index contributed by atoms with van der Waals surface area (Å²) >= 11 is 1.55. The zero-order valence-corrected chi connectivity index (χ0v) is 27.4. The number of nitrogens with two attached hydrogens (primary N) is 1. The van der Waals surface area contributed by atoms with Crippen molar-refractivity contribution in [3.05, 3.63) is 27.3 Å². The third-order valence-corrected chi connectivity index (χ3v) is 12.6. The van der Waals surface area contributed by atoms with Crippen molar-refractivity contribution < 1.29 is 14.4 Å². The number of likely N-dealkylation sites (tertiary alicyclic amines) is 1. The van der Waals surface area contributed by atoms with Crippen LogP contribution < -0.4 is 15.4 Å². The van der Waals surface area contributed by atoms with E-state index in [-0.39, 0.29) is 12.1 Å². The number of anilines is 2. The number of aryl methyl sites for hydroxylation is 1. The minimum atomic E-state index is -0.852. The summed E-state index contributed by atoms with van der Waals surface area (Å²) in [5.74, 6) is 2.62. The maximum atomic E-state index is 11.2. The van der Waals surface area contributed by atoms with E-state index in [4.69, 9.17) is 35.2 Å². The Morgan fingerprint density at radius 1 is 1.17 bits per heavy atom. The number of fused-ring (bicyclic) bond motifs is 6. The third kappa shape index (κ3) is 3.89. The molecular formula is C33H39N9O3S. The fraction of sp³-hybridized carbons (Fsp3) is 0.606. The summed E-state index contributed by atoms with van der Waals surface area (Å²) in [5, 5.41) is 32.5. The zero-order chi connectivity index (χ0) is 31.5. The van der Waals surface area contributed by atoms with Gasteiger partial charge in [0.1, 0.15) is 28.9 Å². The second-order valence-corrected chi connectivity index (χ2v) is 15.5. The van der Waals surface area contributed by atoms with E-state index < -0.39 is 11.0 Å². The van der Waals surface area contributed by atoms with Crippen molar-refractivity contribution in [1.82, 2.24) is 29.8 Å². The molecule has 4 aromatic rings. The molecule has 0 radical (unpaired) electrons. The van der Waals surface area contributed by atoms with Crippen molar-refractivity contribution in [3.63, 3.8) is 0 Å². The smallest absolute Gasteiger partial charge is 0.246 e. The Kier molecular flexibility index (Phi) is 6.12. The standard InChI is InChI=1S/C33H39N9O3S/c1-17(21-9-13-40(21)3)42-30-23-29(41-16-32(2,43)12-8-18(41)15-44-31(23)38-42)36-28(37-30)25-19-6-4-10-33(26(19)45-39-25)11-5-7-22-24(33)20(14-34)27(35)46-22/h17-18,21,43H,4-13,15-16,35H2,1-3H3/t17-,18+,21-,32+,33-/m0/s1. The first kappa shape index (κ1) is 28.5. The zero-order valence-electron chi connectivity index (χ0n) is 26.5. The van der Waals surface area contributed by atoms with Crippen LogP contribution in [0.2, 0.25) is 0 Å². The number of nitriles is 1. The minimum absolute atomic E-state index is 0.0626. The van der Waals surface area contributed by atoms with Gasteiger partial charge in [0.05, 0.1) is 28.7 Å². The molecule has 240 valence electrons. The highest BCUT2D eigenvalue weighted by Crippen LogP contribution is 2.55. The molecule has 9 rings (SSSR count). The molecule has 46 heavy (non-hydrogen) atoms. The maximum absolute atomic E-state index is 11.2. The lowest BCUT2D eigenvalue weighted by Gasteiger charge is -2.42. The fourth-order valence-electron chi connectivity index (χ4n) is 9.02. The Bertz CT molecular complexity index is 1930. The summed E-state index contributed by atoms with van der Waals surface area (Å²) in [6, 6.07) is 2.89. The van der Waals surface area contributed by atoms with E-state index in [0.717, 1.165) is 86.0 Å². The van der Waals surface area contributed by atoms with Crippen molar-refractivity contribution in [2.75, 3.05) is 37.4 Å². The molecule has 2 aliphatic carbocycles. The highest BCUT2D eigenvalue weighted by molar-refractivity contribution is 7.16. The Labute approximate surface area is 271 Å². The van der Waals surface area contributed by atoms with Gasteiger partial charge in [-0.05, 0) is 90.8 Å². The second-order valence-electron chi connectivity index (χ2n) is 14.4. The van der Waals surface area contributed by atoms with Gasteiger partial charge in [-0.15, -0.1) is 16.4 Å². The maximum Gasteiger partial charge on any atom is 0.246 e. The largest absolute Gasteiger partial charge is 0.474 e. The number of hydrogen-bond acceptors (Lipinski definition) is 12. The summed E-state index contributed by atoms with van der Waals surface area (Å²) in [6.45, 7) is 6.06. The van der Waals surface area contributed by atoms with Crippen molar-refractivity contribution in [2.24, 2.45) is 0 Å². The van der Waals surface area contributed by atoms with Crippen LogP contribution in [-0.2, 0) is 18.3 Å². The van der Waals surface area contributed by atoms with Crippen molar-refractivity contribution in [2.45, 2.75) is 101 Å². The van der Waals surface area contributed by atoms with Gasteiger partial charge in [-0.2, -0.15) is 5.26 Å². The van der Waals surface area contributed by atoms with Gasteiger partial charge in [0.2, 0.25) is 5.88 Å². The molecule has 2 saturated heterocycles. The average Bonchev–Trinajstić information content (AvgIpc) is 3.70. The molecule has 0 bridgehead atoms. The summed E-state index contributed by atoms with van der Waals surface area (Å²) in [7, 11) is 2.15.